The van der Waals surface area contributed by atoms with Crippen LogP contribution in [0, 0.1) is 0 Å². The van der Waals surface area contributed by atoms with Crippen LogP contribution >= 0.6 is 0 Å². The third-order valence-electron chi connectivity index (χ3n) is 2.49. The molecule has 0 saturated heterocycles. The number of aliphatic hydroxyl groups is 1. The third kappa shape index (κ3) is 3.32. The summed E-state index contributed by atoms with van der Waals surface area (Å²) in [5.41, 5.74) is 1.04. The van der Waals surface area contributed by atoms with E-state index in [-0.39, 0.29) is 6.61 Å². The number of hydrogen-bond donors (Lipinski definition) is 1. The van der Waals surface area contributed by atoms with Crippen LogP contribution in [0.25, 0.3) is 0 Å². The van der Waals surface area contributed by atoms with Gasteiger partial charge in [0.1, 0.15) is 12.4 Å². The highest BCUT2D eigenvalue weighted by Crippen LogP contribution is 2.18. The Morgan fingerprint density at radius 3 is 2.88 bits per heavy atom. The zero-order valence-corrected chi connectivity index (χ0v) is 9.62. The highest BCUT2D eigenvalue weighted by molar-refractivity contribution is 5.33. The number of aromatic nitrogens is 2. The maximum Gasteiger partial charge on any atom is 0.122 e. The molecule has 0 amide bonds. The lowest BCUT2D eigenvalue weighted by Crippen LogP contribution is -2.09. The van der Waals surface area contributed by atoms with Gasteiger partial charge in [0.25, 0.3) is 0 Å². The molecule has 1 aromatic carbocycles. The largest absolute Gasteiger partial charge is 0.491 e. The average molecular weight is 232 g/mol. The van der Waals surface area contributed by atoms with Gasteiger partial charge in [0.15, 0.2) is 0 Å². The van der Waals surface area contributed by atoms with Crippen molar-refractivity contribution in [2.45, 2.75) is 13.0 Å². The predicted octanol–water partition coefficient (Wildman–Crippen LogP) is 1.50. The highest BCUT2D eigenvalue weighted by Gasteiger charge is 2.02. The van der Waals surface area contributed by atoms with Gasteiger partial charge >= 0.3 is 0 Å². The van der Waals surface area contributed by atoms with E-state index in [1.54, 1.807) is 6.20 Å². The molecule has 0 unspecified atom stereocenters. The molecule has 17 heavy (non-hydrogen) atoms. The molecule has 0 radical (unpaired) electrons. The van der Waals surface area contributed by atoms with Gasteiger partial charge in [0.05, 0.1) is 6.54 Å². The Hall–Kier alpha value is -1.81. The fourth-order valence-electron chi connectivity index (χ4n) is 1.65. The number of ether oxygens (including phenoxy) is 1. The number of rotatable bonds is 6. The Bertz CT molecular complexity index is 440. The van der Waals surface area contributed by atoms with Gasteiger partial charge in [-0.05, 0) is 24.1 Å². The van der Waals surface area contributed by atoms with Crippen LogP contribution < -0.4 is 4.74 Å². The zero-order chi connectivity index (χ0) is 11.9. The van der Waals surface area contributed by atoms with E-state index in [0.717, 1.165) is 17.9 Å². The van der Waals surface area contributed by atoms with Crippen LogP contribution in [-0.2, 0) is 13.0 Å². The first-order valence-corrected chi connectivity index (χ1v) is 5.69. The van der Waals surface area contributed by atoms with Gasteiger partial charge in [-0.3, -0.25) is 4.68 Å². The van der Waals surface area contributed by atoms with Crippen LogP contribution in [0.5, 0.6) is 5.75 Å². The molecule has 1 N–H and O–H groups in total. The first kappa shape index (κ1) is 11.7. The molecule has 0 atom stereocenters. The predicted molar refractivity (Wildman–Crippen MR) is 65.0 cm³/mol. The standard InChI is InChI=1S/C13H16N2O2/c16-10-6-12-4-1-2-5-13(12)17-11-9-15-8-3-7-14-15/h1-5,7-8,16H,6,9-11H2. The molecule has 2 aromatic rings. The second-order valence-electron chi connectivity index (χ2n) is 3.70. The van der Waals surface area contributed by atoms with Gasteiger partial charge < -0.3 is 9.84 Å². The van der Waals surface area contributed by atoms with E-state index in [2.05, 4.69) is 5.10 Å². The van der Waals surface area contributed by atoms with Crippen LogP contribution in [0.2, 0.25) is 0 Å². The maximum absolute atomic E-state index is 8.95. The SMILES string of the molecule is OCCc1ccccc1OCCn1cccn1. The second kappa shape index (κ2) is 6.06. The first-order chi connectivity index (χ1) is 8.40. The molecule has 1 aromatic heterocycles. The van der Waals surface area contributed by atoms with Crippen LogP contribution in [-0.4, -0.2) is 28.1 Å². The number of nitrogens with zero attached hydrogens (tertiary/aromatic N) is 2. The Morgan fingerprint density at radius 2 is 2.12 bits per heavy atom. The van der Waals surface area contributed by atoms with Crippen molar-refractivity contribution in [2.24, 2.45) is 0 Å². The van der Waals surface area contributed by atoms with Crippen molar-refractivity contribution >= 4 is 0 Å². The minimum Gasteiger partial charge on any atom is -0.491 e. The van der Waals surface area contributed by atoms with Crippen molar-refractivity contribution in [1.82, 2.24) is 9.78 Å². The van der Waals surface area contributed by atoms with Crippen molar-refractivity contribution in [1.29, 1.82) is 0 Å². The molecule has 0 spiro atoms. The number of aliphatic hydroxyl groups excluding tert-OH is 1. The summed E-state index contributed by atoms with van der Waals surface area (Å²) in [6.07, 6.45) is 4.28. The fourth-order valence-corrected chi connectivity index (χ4v) is 1.65. The number of benzene rings is 1. The van der Waals surface area contributed by atoms with E-state index in [1.807, 2.05) is 41.2 Å². The third-order valence-corrected chi connectivity index (χ3v) is 2.49. The summed E-state index contributed by atoms with van der Waals surface area (Å²) in [5.74, 6) is 0.841. The molecule has 90 valence electrons. The molecule has 1 heterocycles. The molecule has 0 saturated carbocycles. The van der Waals surface area contributed by atoms with Crippen LogP contribution in [0.3, 0.4) is 0 Å². The lowest BCUT2D eigenvalue weighted by Gasteiger charge is -2.10. The first-order valence-electron chi connectivity index (χ1n) is 5.69. The van der Waals surface area contributed by atoms with Crippen LogP contribution in [0.4, 0.5) is 0 Å². The number of para-hydroxylation sites is 1. The van der Waals surface area contributed by atoms with Gasteiger partial charge in [0, 0.05) is 19.0 Å². The topological polar surface area (TPSA) is 47.3 Å². The second-order valence-corrected chi connectivity index (χ2v) is 3.70. The summed E-state index contributed by atoms with van der Waals surface area (Å²) in [7, 11) is 0. The highest BCUT2D eigenvalue weighted by atomic mass is 16.5. The number of hydrogen-bond acceptors (Lipinski definition) is 3. The van der Waals surface area contributed by atoms with E-state index >= 15 is 0 Å². The van der Waals surface area contributed by atoms with E-state index in [0.29, 0.717) is 13.0 Å². The fraction of sp³-hybridized carbons (Fsp3) is 0.308. The van der Waals surface area contributed by atoms with E-state index < -0.39 is 0 Å². The minimum absolute atomic E-state index is 0.138. The summed E-state index contributed by atoms with van der Waals surface area (Å²) < 4.78 is 7.52. The summed E-state index contributed by atoms with van der Waals surface area (Å²) in [4.78, 5) is 0. The summed E-state index contributed by atoms with van der Waals surface area (Å²) in [6.45, 7) is 1.43. The molecular formula is C13H16N2O2. The normalized spacial score (nSPS) is 10.4. The summed E-state index contributed by atoms with van der Waals surface area (Å²) in [6, 6.07) is 9.67. The van der Waals surface area contributed by atoms with E-state index in [9.17, 15) is 0 Å². The van der Waals surface area contributed by atoms with Crippen molar-refractivity contribution < 1.29 is 9.84 Å². The monoisotopic (exact) mass is 232 g/mol. The maximum atomic E-state index is 8.95. The Balaban J connectivity index is 1.89. The average Bonchev–Trinajstić information content (AvgIpc) is 2.85. The molecule has 4 nitrogen and oxygen atoms in total. The van der Waals surface area contributed by atoms with Crippen molar-refractivity contribution in [3.05, 3.63) is 48.3 Å². The van der Waals surface area contributed by atoms with Gasteiger partial charge in [-0.25, -0.2) is 0 Å². The molecule has 0 fully saturated rings. The zero-order valence-electron chi connectivity index (χ0n) is 9.62. The lowest BCUT2D eigenvalue weighted by molar-refractivity contribution is 0.277. The van der Waals surface area contributed by atoms with Crippen LogP contribution in [0.15, 0.2) is 42.7 Å². The quantitative estimate of drug-likeness (QED) is 0.821. The molecule has 4 heteroatoms. The Morgan fingerprint density at radius 1 is 1.24 bits per heavy atom. The van der Waals surface area contributed by atoms with Gasteiger partial charge in [0.2, 0.25) is 0 Å². The minimum atomic E-state index is 0.138. The molecule has 0 bridgehead atoms. The smallest absolute Gasteiger partial charge is 0.122 e. The Labute approximate surface area is 100 Å². The van der Waals surface area contributed by atoms with Gasteiger partial charge in [-0.2, -0.15) is 5.10 Å². The van der Waals surface area contributed by atoms with Crippen LogP contribution in [0.1, 0.15) is 5.56 Å². The van der Waals surface area contributed by atoms with Crippen molar-refractivity contribution in [3.8, 4) is 5.75 Å². The van der Waals surface area contributed by atoms with E-state index in [1.165, 1.54) is 0 Å². The Kier molecular flexibility index (Phi) is 4.16. The van der Waals surface area contributed by atoms with Gasteiger partial charge in [-0.15, -0.1) is 0 Å². The van der Waals surface area contributed by atoms with Crippen molar-refractivity contribution in [2.75, 3.05) is 13.2 Å². The molecule has 2 rings (SSSR count). The lowest BCUT2D eigenvalue weighted by atomic mass is 10.1. The molecule has 0 aliphatic heterocycles. The summed E-state index contributed by atoms with van der Waals surface area (Å²) in [5, 5.41) is 13.1. The van der Waals surface area contributed by atoms with E-state index in [4.69, 9.17) is 9.84 Å². The molecule has 0 aliphatic rings. The molecule has 0 aliphatic carbocycles. The summed E-state index contributed by atoms with van der Waals surface area (Å²) >= 11 is 0. The van der Waals surface area contributed by atoms with Crippen molar-refractivity contribution in [3.63, 3.8) is 0 Å². The van der Waals surface area contributed by atoms with Gasteiger partial charge in [-0.1, -0.05) is 18.2 Å². The molecular weight excluding hydrogens is 216 g/mol.